The average Bonchev–Trinajstić information content (AvgIpc) is 2.33. The Morgan fingerprint density at radius 1 is 1.44 bits per heavy atom. The van der Waals surface area contributed by atoms with Crippen LogP contribution in [0.5, 0.6) is 0 Å². The van der Waals surface area contributed by atoms with E-state index in [-0.39, 0.29) is 21.7 Å². The summed E-state index contributed by atoms with van der Waals surface area (Å²) >= 11 is 0. The lowest BCUT2D eigenvalue weighted by atomic mass is 10.0. The highest BCUT2D eigenvalue weighted by molar-refractivity contribution is 7.86. The second-order valence-corrected chi connectivity index (χ2v) is 7.91. The van der Waals surface area contributed by atoms with Gasteiger partial charge in [-0.1, -0.05) is 6.92 Å². The molecule has 0 saturated carbocycles. The first kappa shape index (κ1) is 14.1. The summed E-state index contributed by atoms with van der Waals surface area (Å²) in [7, 11) is -0.861. The van der Waals surface area contributed by atoms with Crippen molar-refractivity contribution in [3.05, 3.63) is 0 Å². The van der Waals surface area contributed by atoms with E-state index in [1.54, 1.807) is 0 Å². The Morgan fingerprint density at radius 2 is 2.00 bits per heavy atom. The van der Waals surface area contributed by atoms with Crippen molar-refractivity contribution in [3.63, 3.8) is 0 Å². The van der Waals surface area contributed by atoms with Gasteiger partial charge in [-0.15, -0.1) is 0 Å². The van der Waals surface area contributed by atoms with Crippen LogP contribution in [0.15, 0.2) is 0 Å². The monoisotopic (exact) mass is 247 g/mol. The molecule has 3 nitrogen and oxygen atoms in total. The van der Waals surface area contributed by atoms with Gasteiger partial charge in [0.2, 0.25) is 0 Å². The van der Waals surface area contributed by atoms with Gasteiger partial charge in [0, 0.05) is 16.0 Å². The van der Waals surface area contributed by atoms with Gasteiger partial charge in [-0.05, 0) is 47.1 Å². The van der Waals surface area contributed by atoms with Crippen LogP contribution in [0.25, 0.3) is 0 Å². The minimum Gasteiger partial charge on any atom is -0.368 e. The van der Waals surface area contributed by atoms with Gasteiger partial charge in [-0.2, -0.15) is 0 Å². The number of nitrogens with two attached hydrogens (primary N) is 1. The molecule has 2 N–H and O–H groups in total. The summed E-state index contributed by atoms with van der Waals surface area (Å²) in [6.07, 6.45) is 1.68. The summed E-state index contributed by atoms with van der Waals surface area (Å²) < 4.78 is 18.4. The lowest BCUT2D eigenvalue weighted by molar-refractivity contribution is -0.0634. The number of ether oxygens (including phenoxy) is 1. The molecule has 0 amide bonds. The van der Waals surface area contributed by atoms with Crippen LogP contribution in [0.2, 0.25) is 0 Å². The van der Waals surface area contributed by atoms with Crippen molar-refractivity contribution in [1.29, 1.82) is 0 Å². The third-order valence-electron chi connectivity index (χ3n) is 3.24. The minimum atomic E-state index is -0.861. The third-order valence-corrected chi connectivity index (χ3v) is 5.57. The van der Waals surface area contributed by atoms with Crippen molar-refractivity contribution in [2.75, 3.05) is 6.54 Å². The Balaban J connectivity index is 2.77. The van der Waals surface area contributed by atoms with Crippen molar-refractivity contribution in [2.45, 2.75) is 69.2 Å². The van der Waals surface area contributed by atoms with Crippen molar-refractivity contribution in [1.82, 2.24) is 0 Å². The van der Waals surface area contributed by atoms with Crippen molar-refractivity contribution in [3.8, 4) is 0 Å². The molecule has 1 saturated heterocycles. The van der Waals surface area contributed by atoms with Gasteiger partial charge < -0.3 is 10.5 Å². The first-order valence-electron chi connectivity index (χ1n) is 5.99. The highest BCUT2D eigenvalue weighted by atomic mass is 32.2. The molecule has 1 aliphatic heterocycles. The smallest absolute Gasteiger partial charge is 0.0777 e. The maximum absolute atomic E-state index is 12.4. The van der Waals surface area contributed by atoms with Gasteiger partial charge in [0.25, 0.3) is 0 Å². The lowest BCUT2D eigenvalue weighted by Gasteiger charge is -2.28. The molecule has 3 unspecified atom stereocenters. The fourth-order valence-corrected chi connectivity index (χ4v) is 4.61. The lowest BCUT2D eigenvalue weighted by Crippen LogP contribution is -2.39. The number of hydrogen-bond acceptors (Lipinski definition) is 3. The highest BCUT2D eigenvalue weighted by Gasteiger charge is 2.49. The van der Waals surface area contributed by atoms with E-state index in [0.717, 1.165) is 12.8 Å². The first-order valence-corrected chi connectivity index (χ1v) is 7.27. The van der Waals surface area contributed by atoms with Crippen LogP contribution in [0.1, 0.15) is 47.5 Å². The van der Waals surface area contributed by atoms with Gasteiger partial charge in [0.05, 0.1) is 16.5 Å². The fourth-order valence-electron chi connectivity index (χ4n) is 2.50. The molecule has 96 valence electrons. The van der Waals surface area contributed by atoms with Gasteiger partial charge in [0.15, 0.2) is 0 Å². The third kappa shape index (κ3) is 3.05. The summed E-state index contributed by atoms with van der Waals surface area (Å²) in [5, 5.41) is 0.274. The Bertz CT molecular complexity index is 276. The molecule has 0 aromatic carbocycles. The molecule has 0 spiro atoms. The SMILES string of the molecule is CC(CCN)S(=O)C1CC(C)(C)OC1(C)C. The van der Waals surface area contributed by atoms with Crippen molar-refractivity contribution < 1.29 is 8.95 Å². The number of rotatable bonds is 4. The molecule has 4 heteroatoms. The highest BCUT2D eigenvalue weighted by Crippen LogP contribution is 2.41. The summed E-state index contributed by atoms with van der Waals surface area (Å²) in [5.41, 5.74) is 5.07. The molecule has 0 aromatic heterocycles. The summed E-state index contributed by atoms with van der Waals surface area (Å²) in [5.74, 6) is 0. The largest absolute Gasteiger partial charge is 0.368 e. The van der Waals surface area contributed by atoms with E-state index in [1.165, 1.54) is 0 Å². The van der Waals surface area contributed by atoms with E-state index in [1.807, 2.05) is 20.8 Å². The fraction of sp³-hybridized carbons (Fsp3) is 1.00. The average molecular weight is 247 g/mol. The first-order chi connectivity index (χ1) is 7.19. The number of hydrogen-bond donors (Lipinski definition) is 1. The molecule has 1 aliphatic rings. The Kier molecular flexibility index (Phi) is 4.19. The van der Waals surface area contributed by atoms with Crippen LogP contribution < -0.4 is 5.73 Å². The van der Waals surface area contributed by atoms with Crippen molar-refractivity contribution >= 4 is 10.8 Å². The maximum Gasteiger partial charge on any atom is 0.0777 e. The minimum absolute atomic E-state index is 0.115. The molecule has 0 aliphatic carbocycles. The zero-order chi connectivity index (χ0) is 12.6. The Hall–Kier alpha value is 0.0700. The van der Waals surface area contributed by atoms with Crippen LogP contribution >= 0.6 is 0 Å². The molecule has 1 heterocycles. The van der Waals surface area contributed by atoms with Crippen LogP contribution in [0, 0.1) is 0 Å². The molecule has 1 fully saturated rings. The van der Waals surface area contributed by atoms with Crippen molar-refractivity contribution in [2.24, 2.45) is 5.73 Å². The second kappa shape index (κ2) is 4.75. The molecule has 0 aromatic rings. The molecule has 0 radical (unpaired) electrons. The molecular weight excluding hydrogens is 222 g/mol. The van der Waals surface area contributed by atoms with E-state index in [0.29, 0.717) is 6.54 Å². The molecule has 1 rings (SSSR count). The summed E-state index contributed by atoms with van der Waals surface area (Å²) in [6, 6.07) is 0. The standard InChI is InChI=1S/C12H25NO2S/c1-9(6-7-13)16(14)10-8-11(2,3)15-12(10,4)5/h9-10H,6-8,13H2,1-5H3. The Labute approximate surface area is 102 Å². The molecule has 16 heavy (non-hydrogen) atoms. The second-order valence-electron chi connectivity index (χ2n) is 5.87. The Morgan fingerprint density at radius 3 is 2.38 bits per heavy atom. The van der Waals surface area contributed by atoms with Gasteiger partial charge in [-0.25, -0.2) is 0 Å². The zero-order valence-corrected chi connectivity index (χ0v) is 11.9. The van der Waals surface area contributed by atoms with E-state index in [9.17, 15) is 4.21 Å². The quantitative estimate of drug-likeness (QED) is 0.824. The van der Waals surface area contributed by atoms with Crippen LogP contribution in [0.3, 0.4) is 0 Å². The van der Waals surface area contributed by atoms with Crippen LogP contribution in [0.4, 0.5) is 0 Å². The van der Waals surface area contributed by atoms with E-state index < -0.39 is 10.8 Å². The van der Waals surface area contributed by atoms with Gasteiger partial charge in [-0.3, -0.25) is 4.21 Å². The zero-order valence-electron chi connectivity index (χ0n) is 11.1. The summed E-state index contributed by atoms with van der Waals surface area (Å²) in [4.78, 5) is 0. The van der Waals surface area contributed by atoms with E-state index >= 15 is 0 Å². The van der Waals surface area contributed by atoms with Crippen LogP contribution in [-0.2, 0) is 15.5 Å². The topological polar surface area (TPSA) is 52.3 Å². The van der Waals surface area contributed by atoms with E-state index in [4.69, 9.17) is 10.5 Å². The van der Waals surface area contributed by atoms with Gasteiger partial charge in [0.1, 0.15) is 0 Å². The molecular formula is C12H25NO2S. The predicted molar refractivity (Wildman–Crippen MR) is 68.9 cm³/mol. The summed E-state index contributed by atoms with van der Waals surface area (Å²) in [6.45, 7) is 10.8. The van der Waals surface area contributed by atoms with Gasteiger partial charge >= 0.3 is 0 Å². The maximum atomic E-state index is 12.4. The predicted octanol–water partition coefficient (Wildman–Crippen LogP) is 1.82. The normalized spacial score (nSPS) is 31.2. The molecule has 0 bridgehead atoms. The van der Waals surface area contributed by atoms with Crippen LogP contribution in [-0.4, -0.2) is 32.5 Å². The molecule has 3 atom stereocenters. The van der Waals surface area contributed by atoms with E-state index in [2.05, 4.69) is 13.8 Å².